The average Bonchev–Trinajstić information content (AvgIpc) is 2.26. The number of aromatic nitrogens is 1. The third-order valence-electron chi connectivity index (χ3n) is 2.04. The molecule has 0 fully saturated rings. The van der Waals surface area contributed by atoms with E-state index in [0.29, 0.717) is 12.5 Å². The van der Waals surface area contributed by atoms with Crippen LogP contribution in [0, 0.1) is 0 Å². The Labute approximate surface area is 99.2 Å². The second-order valence-corrected chi connectivity index (χ2v) is 3.78. The highest BCUT2D eigenvalue weighted by molar-refractivity contribution is 6.32. The van der Waals surface area contributed by atoms with Crippen molar-refractivity contribution in [3.63, 3.8) is 0 Å². The Balaban J connectivity index is 2.57. The van der Waals surface area contributed by atoms with E-state index in [1.807, 2.05) is 0 Å². The van der Waals surface area contributed by atoms with Gasteiger partial charge >= 0.3 is 5.97 Å². The van der Waals surface area contributed by atoms with Crippen molar-refractivity contribution < 1.29 is 14.6 Å². The van der Waals surface area contributed by atoms with Crippen LogP contribution in [0.15, 0.2) is 12.3 Å². The zero-order chi connectivity index (χ0) is 12.0. The molecule has 0 saturated heterocycles. The molecule has 0 aliphatic carbocycles. The van der Waals surface area contributed by atoms with Crippen molar-refractivity contribution >= 4 is 17.6 Å². The SMILES string of the molecule is CCCCCOc1ncc(C(=O)O)cc1Cl. The van der Waals surface area contributed by atoms with Gasteiger partial charge in [-0.05, 0) is 12.5 Å². The minimum atomic E-state index is -1.05. The standard InChI is InChI=1S/C11H14ClNO3/c1-2-3-4-5-16-10-9(12)6-8(7-13-10)11(14)15/h6-7H,2-5H2,1H3,(H,14,15). The van der Waals surface area contributed by atoms with Gasteiger partial charge < -0.3 is 9.84 Å². The van der Waals surface area contributed by atoms with E-state index in [0.717, 1.165) is 19.3 Å². The zero-order valence-electron chi connectivity index (χ0n) is 9.07. The molecule has 0 unspecified atom stereocenters. The van der Waals surface area contributed by atoms with Gasteiger partial charge in [-0.25, -0.2) is 9.78 Å². The van der Waals surface area contributed by atoms with E-state index in [-0.39, 0.29) is 10.6 Å². The maximum absolute atomic E-state index is 10.6. The normalized spacial score (nSPS) is 10.1. The van der Waals surface area contributed by atoms with E-state index in [9.17, 15) is 4.79 Å². The number of rotatable bonds is 6. The van der Waals surface area contributed by atoms with Gasteiger partial charge in [-0.1, -0.05) is 31.4 Å². The van der Waals surface area contributed by atoms with E-state index < -0.39 is 5.97 Å². The maximum atomic E-state index is 10.6. The van der Waals surface area contributed by atoms with Crippen molar-refractivity contribution in [2.24, 2.45) is 0 Å². The molecule has 1 aromatic rings. The fourth-order valence-corrected chi connectivity index (χ4v) is 1.39. The molecule has 4 nitrogen and oxygen atoms in total. The summed E-state index contributed by atoms with van der Waals surface area (Å²) in [4.78, 5) is 14.5. The van der Waals surface area contributed by atoms with Crippen LogP contribution < -0.4 is 4.74 Å². The van der Waals surface area contributed by atoms with E-state index in [4.69, 9.17) is 21.4 Å². The summed E-state index contributed by atoms with van der Waals surface area (Å²) in [6.07, 6.45) is 4.38. The van der Waals surface area contributed by atoms with Gasteiger partial charge in [0.05, 0.1) is 12.2 Å². The van der Waals surface area contributed by atoms with Gasteiger partial charge in [-0.3, -0.25) is 0 Å². The molecule has 0 aromatic carbocycles. The predicted octanol–water partition coefficient (Wildman–Crippen LogP) is 3.00. The number of aromatic carboxylic acids is 1. The minimum absolute atomic E-state index is 0.0610. The number of halogens is 1. The molecule has 0 amide bonds. The number of carboxylic acids is 1. The van der Waals surface area contributed by atoms with Crippen LogP contribution in [0.4, 0.5) is 0 Å². The topological polar surface area (TPSA) is 59.4 Å². The van der Waals surface area contributed by atoms with Gasteiger partial charge in [0.1, 0.15) is 5.02 Å². The summed E-state index contributed by atoms with van der Waals surface area (Å²) < 4.78 is 5.34. The van der Waals surface area contributed by atoms with Crippen molar-refractivity contribution in [2.75, 3.05) is 6.61 Å². The van der Waals surface area contributed by atoms with Crippen molar-refractivity contribution in [3.8, 4) is 5.88 Å². The number of hydrogen-bond acceptors (Lipinski definition) is 3. The summed E-state index contributed by atoms with van der Waals surface area (Å²) >= 11 is 5.84. The second kappa shape index (κ2) is 6.33. The molecule has 1 heterocycles. The Morgan fingerprint density at radius 2 is 2.31 bits per heavy atom. The molecule has 1 aromatic heterocycles. The summed E-state index contributed by atoms with van der Waals surface area (Å²) in [5.41, 5.74) is 0.0610. The molecule has 0 spiro atoms. The van der Waals surface area contributed by atoms with Gasteiger partial charge in [0.15, 0.2) is 0 Å². The summed E-state index contributed by atoms with van der Waals surface area (Å²) in [6.45, 7) is 2.65. The first-order valence-electron chi connectivity index (χ1n) is 5.16. The van der Waals surface area contributed by atoms with Crippen LogP contribution in [0.5, 0.6) is 5.88 Å². The largest absolute Gasteiger partial charge is 0.478 e. The number of ether oxygens (including phenoxy) is 1. The molecule has 88 valence electrons. The molecule has 16 heavy (non-hydrogen) atoms. The molecule has 5 heteroatoms. The number of carbonyl (C=O) groups is 1. The van der Waals surface area contributed by atoms with Gasteiger partial charge in [-0.2, -0.15) is 0 Å². The Morgan fingerprint density at radius 1 is 1.56 bits per heavy atom. The molecule has 0 aliphatic rings. The maximum Gasteiger partial charge on any atom is 0.337 e. The molecule has 0 bridgehead atoms. The highest BCUT2D eigenvalue weighted by Crippen LogP contribution is 2.22. The number of hydrogen-bond donors (Lipinski definition) is 1. The van der Waals surface area contributed by atoms with Gasteiger partial charge in [-0.15, -0.1) is 0 Å². The van der Waals surface area contributed by atoms with Crippen LogP contribution in [0.2, 0.25) is 5.02 Å². The van der Waals surface area contributed by atoms with E-state index >= 15 is 0 Å². The number of carboxylic acid groups (broad SMARTS) is 1. The summed E-state index contributed by atoms with van der Waals surface area (Å²) in [7, 11) is 0. The Bertz CT molecular complexity index is 368. The Hall–Kier alpha value is -1.29. The Morgan fingerprint density at radius 3 is 2.88 bits per heavy atom. The van der Waals surface area contributed by atoms with Crippen LogP contribution in [-0.4, -0.2) is 22.7 Å². The summed E-state index contributed by atoms with van der Waals surface area (Å²) in [5.74, 6) is -0.755. The lowest BCUT2D eigenvalue weighted by Crippen LogP contribution is -2.02. The van der Waals surface area contributed by atoms with Crippen molar-refractivity contribution in [3.05, 3.63) is 22.8 Å². The van der Waals surface area contributed by atoms with Crippen LogP contribution in [0.25, 0.3) is 0 Å². The zero-order valence-corrected chi connectivity index (χ0v) is 9.83. The van der Waals surface area contributed by atoms with Crippen LogP contribution in [0.1, 0.15) is 36.5 Å². The number of nitrogens with zero attached hydrogens (tertiary/aromatic N) is 1. The first-order valence-corrected chi connectivity index (χ1v) is 5.54. The number of pyridine rings is 1. The van der Waals surface area contributed by atoms with Crippen LogP contribution >= 0.6 is 11.6 Å². The fraction of sp³-hybridized carbons (Fsp3) is 0.455. The first kappa shape index (κ1) is 12.8. The molecular formula is C11H14ClNO3. The smallest absolute Gasteiger partial charge is 0.337 e. The lowest BCUT2D eigenvalue weighted by molar-refractivity contribution is 0.0696. The highest BCUT2D eigenvalue weighted by atomic mass is 35.5. The highest BCUT2D eigenvalue weighted by Gasteiger charge is 2.08. The average molecular weight is 244 g/mol. The van der Waals surface area contributed by atoms with Crippen molar-refractivity contribution in [1.82, 2.24) is 4.98 Å². The third kappa shape index (κ3) is 3.70. The number of unbranched alkanes of at least 4 members (excludes halogenated alkanes) is 2. The molecule has 0 atom stereocenters. The first-order chi connectivity index (χ1) is 7.65. The van der Waals surface area contributed by atoms with Crippen LogP contribution in [0.3, 0.4) is 0 Å². The second-order valence-electron chi connectivity index (χ2n) is 3.37. The molecule has 1 N–H and O–H groups in total. The molecule has 0 saturated carbocycles. The molecule has 0 aliphatic heterocycles. The van der Waals surface area contributed by atoms with Crippen molar-refractivity contribution in [1.29, 1.82) is 0 Å². The molecular weight excluding hydrogens is 230 g/mol. The van der Waals surface area contributed by atoms with Gasteiger partial charge in [0, 0.05) is 6.20 Å². The minimum Gasteiger partial charge on any atom is -0.478 e. The molecule has 0 radical (unpaired) electrons. The van der Waals surface area contributed by atoms with E-state index in [1.165, 1.54) is 12.3 Å². The van der Waals surface area contributed by atoms with Crippen LogP contribution in [-0.2, 0) is 0 Å². The van der Waals surface area contributed by atoms with Gasteiger partial charge in [0.2, 0.25) is 5.88 Å². The predicted molar refractivity (Wildman–Crippen MR) is 61.2 cm³/mol. The lowest BCUT2D eigenvalue weighted by atomic mass is 10.3. The summed E-state index contributed by atoms with van der Waals surface area (Å²) in [6, 6.07) is 1.34. The van der Waals surface area contributed by atoms with Crippen molar-refractivity contribution in [2.45, 2.75) is 26.2 Å². The fourth-order valence-electron chi connectivity index (χ4n) is 1.17. The van der Waals surface area contributed by atoms with E-state index in [1.54, 1.807) is 0 Å². The third-order valence-corrected chi connectivity index (χ3v) is 2.31. The lowest BCUT2D eigenvalue weighted by Gasteiger charge is -2.06. The quantitative estimate of drug-likeness (QED) is 0.781. The molecule has 1 rings (SSSR count). The van der Waals surface area contributed by atoms with Gasteiger partial charge in [0.25, 0.3) is 0 Å². The Kier molecular flexibility index (Phi) is 5.05. The summed E-state index contributed by atoms with van der Waals surface area (Å²) in [5, 5.41) is 8.94. The van der Waals surface area contributed by atoms with E-state index in [2.05, 4.69) is 11.9 Å². The monoisotopic (exact) mass is 243 g/mol.